The van der Waals surface area contributed by atoms with E-state index in [1.165, 1.54) is 13.2 Å². The Morgan fingerprint density at radius 2 is 1.92 bits per heavy atom. The Hall–Kier alpha value is -0.820. The van der Waals surface area contributed by atoms with Gasteiger partial charge in [0.15, 0.2) is 5.02 Å². The molecular formula is C8H5Cl2O2+. The first-order valence-corrected chi connectivity index (χ1v) is 3.86. The van der Waals surface area contributed by atoms with Crippen LogP contribution in [0.25, 0.3) is 0 Å². The second kappa shape index (κ2) is 3.72. The van der Waals surface area contributed by atoms with Crippen LogP contribution in [0.2, 0.25) is 10.0 Å². The molecule has 0 aromatic heterocycles. The van der Waals surface area contributed by atoms with Crippen molar-refractivity contribution < 1.29 is 9.53 Å². The number of hydrogen-bond acceptors (Lipinski definition) is 2. The van der Waals surface area contributed by atoms with Gasteiger partial charge in [-0.25, -0.2) is 0 Å². The monoisotopic (exact) mass is 203 g/mol. The van der Waals surface area contributed by atoms with Crippen LogP contribution in [0, 0.1) is 0 Å². The highest BCUT2D eigenvalue weighted by atomic mass is 35.5. The maximum Gasteiger partial charge on any atom is 0.309 e. The lowest BCUT2D eigenvalue weighted by Crippen LogP contribution is -1.92. The Morgan fingerprint density at radius 1 is 1.33 bits per heavy atom. The first-order chi connectivity index (χ1) is 5.70. The Bertz CT molecular complexity index is 310. The number of halogens is 2. The molecule has 0 aliphatic carbocycles. The van der Waals surface area contributed by atoms with Crippen molar-refractivity contribution in [2.24, 2.45) is 0 Å². The Labute approximate surface area is 80.0 Å². The minimum atomic E-state index is 0.159. The number of ether oxygens (including phenoxy) is 1. The minimum absolute atomic E-state index is 0.159. The third-order valence-corrected chi connectivity index (χ3v) is 1.98. The van der Waals surface area contributed by atoms with Crippen LogP contribution < -0.4 is 4.74 Å². The van der Waals surface area contributed by atoms with E-state index >= 15 is 0 Å². The van der Waals surface area contributed by atoms with Gasteiger partial charge in [-0.1, -0.05) is 11.6 Å². The van der Waals surface area contributed by atoms with Crippen molar-refractivity contribution in [3.63, 3.8) is 0 Å². The van der Waals surface area contributed by atoms with Gasteiger partial charge in [-0.15, -0.1) is 4.79 Å². The van der Waals surface area contributed by atoms with Gasteiger partial charge in [-0.05, 0) is 6.07 Å². The predicted molar refractivity (Wildman–Crippen MR) is 47.8 cm³/mol. The summed E-state index contributed by atoms with van der Waals surface area (Å²) in [4.78, 5) is 10.4. The van der Waals surface area contributed by atoms with Crippen LogP contribution in [0.3, 0.4) is 0 Å². The summed E-state index contributed by atoms with van der Waals surface area (Å²) in [5.41, 5.74) is 0.159. The van der Waals surface area contributed by atoms with Crippen LogP contribution in [-0.4, -0.2) is 13.4 Å². The SMILES string of the molecule is COc1c(Cl)ccc(Cl)c1[C+]=O. The number of hydrogen-bond donors (Lipinski definition) is 0. The Kier molecular flexibility index (Phi) is 2.88. The molecule has 2 nitrogen and oxygen atoms in total. The predicted octanol–water partition coefficient (Wildman–Crippen LogP) is 2.46. The fraction of sp³-hybridized carbons (Fsp3) is 0.125. The normalized spacial score (nSPS) is 9.25. The molecule has 0 saturated heterocycles. The molecule has 0 N–H and O–H groups in total. The third-order valence-electron chi connectivity index (χ3n) is 1.36. The standard InChI is InChI=1S/C8H5Cl2O2/c1-12-8-5(4-11)6(9)2-3-7(8)10/h2-3H,1H3/q+1. The summed E-state index contributed by atoms with van der Waals surface area (Å²) in [5, 5.41) is 0.631. The molecule has 0 unspecified atom stereocenters. The zero-order chi connectivity index (χ0) is 9.14. The van der Waals surface area contributed by atoms with Gasteiger partial charge in [-0.3, -0.25) is 0 Å². The quantitative estimate of drug-likeness (QED) is 0.691. The molecule has 1 aromatic rings. The van der Waals surface area contributed by atoms with Crippen LogP contribution in [0.15, 0.2) is 12.1 Å². The van der Waals surface area contributed by atoms with Crippen LogP contribution in [0.1, 0.15) is 5.56 Å². The van der Waals surface area contributed by atoms with E-state index in [1.54, 1.807) is 12.4 Å². The number of benzene rings is 1. The van der Waals surface area contributed by atoms with Gasteiger partial charge in [0, 0.05) is 17.7 Å². The molecule has 12 heavy (non-hydrogen) atoms. The van der Waals surface area contributed by atoms with Gasteiger partial charge >= 0.3 is 6.29 Å². The molecule has 1 aromatic carbocycles. The molecule has 0 atom stereocenters. The van der Waals surface area contributed by atoms with E-state index in [-0.39, 0.29) is 16.3 Å². The molecule has 62 valence electrons. The summed E-state index contributed by atoms with van der Waals surface area (Å²) >= 11 is 11.4. The second-order valence-electron chi connectivity index (χ2n) is 2.04. The van der Waals surface area contributed by atoms with E-state index in [9.17, 15) is 4.79 Å². The fourth-order valence-electron chi connectivity index (χ4n) is 0.828. The van der Waals surface area contributed by atoms with Gasteiger partial charge in [0.1, 0.15) is 5.02 Å². The molecule has 0 aliphatic rings. The van der Waals surface area contributed by atoms with Crippen molar-refractivity contribution in [3.8, 4) is 5.75 Å². The Balaban J connectivity index is 3.38. The number of methoxy groups -OCH3 is 1. The van der Waals surface area contributed by atoms with E-state index < -0.39 is 0 Å². The van der Waals surface area contributed by atoms with Crippen molar-refractivity contribution in [2.45, 2.75) is 0 Å². The molecule has 0 amide bonds. The van der Waals surface area contributed by atoms with Gasteiger partial charge in [-0.2, -0.15) is 0 Å². The summed E-state index contributed by atoms with van der Waals surface area (Å²) in [5.74, 6) is 0.263. The molecule has 0 spiro atoms. The average molecular weight is 204 g/mol. The zero-order valence-corrected chi connectivity index (χ0v) is 7.74. The summed E-state index contributed by atoms with van der Waals surface area (Å²) < 4.78 is 4.87. The maximum atomic E-state index is 10.4. The van der Waals surface area contributed by atoms with E-state index in [2.05, 4.69) is 0 Å². The molecule has 0 saturated carbocycles. The van der Waals surface area contributed by atoms with E-state index in [0.717, 1.165) is 0 Å². The van der Waals surface area contributed by atoms with Crippen molar-refractivity contribution in [2.75, 3.05) is 7.11 Å². The molecule has 1 rings (SSSR count). The topological polar surface area (TPSA) is 26.3 Å². The highest BCUT2D eigenvalue weighted by Gasteiger charge is 2.22. The first kappa shape index (κ1) is 9.27. The van der Waals surface area contributed by atoms with Crippen LogP contribution >= 0.6 is 23.2 Å². The van der Waals surface area contributed by atoms with Gasteiger partial charge in [0.05, 0.1) is 7.11 Å². The van der Waals surface area contributed by atoms with E-state index in [0.29, 0.717) is 5.02 Å². The molecule has 4 heteroatoms. The summed E-state index contributed by atoms with van der Waals surface area (Å²) in [6.07, 6.45) is 1.66. The summed E-state index contributed by atoms with van der Waals surface area (Å²) in [7, 11) is 1.42. The maximum absolute atomic E-state index is 10.4. The molecule has 0 heterocycles. The molecule has 0 bridgehead atoms. The summed E-state index contributed by atoms with van der Waals surface area (Å²) in [6, 6.07) is 3.08. The third kappa shape index (κ3) is 1.51. The molecule has 0 fully saturated rings. The minimum Gasteiger partial charge on any atom is -0.435 e. The lowest BCUT2D eigenvalue weighted by molar-refractivity contribution is 0.413. The van der Waals surface area contributed by atoms with Crippen LogP contribution in [0.5, 0.6) is 5.75 Å². The van der Waals surface area contributed by atoms with Gasteiger partial charge < -0.3 is 4.74 Å². The van der Waals surface area contributed by atoms with Crippen molar-refractivity contribution in [3.05, 3.63) is 27.7 Å². The van der Waals surface area contributed by atoms with Crippen LogP contribution in [-0.2, 0) is 4.79 Å². The first-order valence-electron chi connectivity index (χ1n) is 3.11. The highest BCUT2D eigenvalue weighted by molar-refractivity contribution is 6.36. The molecule has 0 aliphatic heterocycles. The molecule has 0 radical (unpaired) electrons. The second-order valence-corrected chi connectivity index (χ2v) is 2.85. The van der Waals surface area contributed by atoms with E-state index in [1.807, 2.05) is 0 Å². The summed E-state index contributed by atoms with van der Waals surface area (Å²) in [6.45, 7) is 0. The fourth-order valence-corrected chi connectivity index (χ4v) is 1.25. The van der Waals surface area contributed by atoms with Gasteiger partial charge in [0.2, 0.25) is 0 Å². The van der Waals surface area contributed by atoms with Gasteiger partial charge in [0.25, 0.3) is 11.3 Å². The largest absolute Gasteiger partial charge is 0.435 e. The van der Waals surface area contributed by atoms with Crippen molar-refractivity contribution in [1.82, 2.24) is 0 Å². The number of rotatable bonds is 2. The van der Waals surface area contributed by atoms with Crippen molar-refractivity contribution in [1.29, 1.82) is 0 Å². The average Bonchev–Trinajstić information content (AvgIpc) is 2.08. The Morgan fingerprint density at radius 3 is 2.33 bits per heavy atom. The van der Waals surface area contributed by atoms with E-state index in [4.69, 9.17) is 27.9 Å². The lowest BCUT2D eigenvalue weighted by Gasteiger charge is -1.96. The molecular weight excluding hydrogens is 199 g/mol. The smallest absolute Gasteiger partial charge is 0.309 e. The lowest BCUT2D eigenvalue weighted by atomic mass is 10.2. The van der Waals surface area contributed by atoms with Crippen molar-refractivity contribution >= 4 is 29.5 Å². The zero-order valence-electron chi connectivity index (χ0n) is 6.23. The number of carbonyl (C=O) groups excluding carboxylic acids is 1. The van der Waals surface area contributed by atoms with Crippen LogP contribution in [0.4, 0.5) is 0 Å². The highest BCUT2D eigenvalue weighted by Crippen LogP contribution is 2.32.